The molecule has 18 heavy (non-hydrogen) atoms. The molecule has 1 unspecified atom stereocenters. The number of hydrogen-bond acceptors (Lipinski definition) is 3. The number of nitrogens with two attached hydrogens (primary N) is 1. The van der Waals surface area contributed by atoms with Crippen LogP contribution in [0.15, 0.2) is 18.2 Å². The van der Waals surface area contributed by atoms with Crippen LogP contribution in [-0.4, -0.2) is 25.3 Å². The molecule has 0 aliphatic carbocycles. The molecule has 1 aromatic carbocycles. The van der Waals surface area contributed by atoms with Gasteiger partial charge in [-0.3, -0.25) is 0 Å². The third-order valence-electron chi connectivity index (χ3n) is 3.64. The molecule has 3 nitrogen and oxygen atoms in total. The first kappa shape index (κ1) is 13.7. The molecule has 4 heteroatoms. The molecule has 1 atom stereocenters. The Kier molecular flexibility index (Phi) is 4.49. The van der Waals surface area contributed by atoms with Crippen LogP contribution in [0, 0.1) is 6.92 Å². The lowest BCUT2D eigenvalue weighted by Gasteiger charge is -2.33. The maximum absolute atomic E-state index is 6.16. The van der Waals surface area contributed by atoms with E-state index in [0.29, 0.717) is 6.54 Å². The minimum absolute atomic E-state index is 0.0604. The Bertz CT molecular complexity index is 401. The highest BCUT2D eigenvalue weighted by atomic mass is 35.5. The van der Waals surface area contributed by atoms with Gasteiger partial charge in [0.05, 0.1) is 5.54 Å². The number of benzene rings is 1. The van der Waals surface area contributed by atoms with Gasteiger partial charge in [-0.15, -0.1) is 0 Å². The van der Waals surface area contributed by atoms with E-state index >= 15 is 0 Å². The maximum atomic E-state index is 6.16. The van der Waals surface area contributed by atoms with Gasteiger partial charge in [0.1, 0.15) is 0 Å². The van der Waals surface area contributed by atoms with Crippen LogP contribution in [0.2, 0.25) is 5.02 Å². The average molecular weight is 269 g/mol. The van der Waals surface area contributed by atoms with Crippen LogP contribution >= 0.6 is 11.6 Å². The molecule has 0 spiro atoms. The Morgan fingerprint density at radius 3 is 2.94 bits per heavy atom. The summed E-state index contributed by atoms with van der Waals surface area (Å²) >= 11 is 6.16. The average Bonchev–Trinajstić information content (AvgIpc) is 2.60. The molecule has 1 heterocycles. The smallest absolute Gasteiger partial charge is 0.0518 e. The second kappa shape index (κ2) is 5.91. The zero-order chi connectivity index (χ0) is 13.0. The fraction of sp³-hybridized carbons (Fsp3) is 0.571. The standard InChI is InChI=1S/C14H21ClN2O/c1-11-3-4-12(9-13(11)15)17-14(10-16)5-2-7-18-8-6-14/h3-4,9,17H,2,5-8,10,16H2,1H3. The molecule has 1 saturated heterocycles. The number of aryl methyl sites for hydroxylation is 1. The van der Waals surface area contributed by atoms with E-state index in [9.17, 15) is 0 Å². The van der Waals surface area contributed by atoms with Crippen molar-refractivity contribution in [2.75, 3.05) is 25.1 Å². The highest BCUT2D eigenvalue weighted by Crippen LogP contribution is 2.28. The predicted molar refractivity (Wildman–Crippen MR) is 76.3 cm³/mol. The first-order chi connectivity index (χ1) is 8.65. The lowest BCUT2D eigenvalue weighted by molar-refractivity contribution is 0.141. The molecule has 0 amide bonds. The largest absolute Gasteiger partial charge is 0.381 e. The van der Waals surface area contributed by atoms with Crippen molar-refractivity contribution in [3.8, 4) is 0 Å². The van der Waals surface area contributed by atoms with Crippen molar-refractivity contribution in [1.82, 2.24) is 0 Å². The van der Waals surface area contributed by atoms with E-state index in [1.165, 1.54) is 0 Å². The molecule has 0 aromatic heterocycles. The van der Waals surface area contributed by atoms with Crippen molar-refractivity contribution < 1.29 is 4.74 Å². The van der Waals surface area contributed by atoms with E-state index in [1.807, 2.05) is 19.1 Å². The number of halogens is 1. The van der Waals surface area contributed by atoms with Crippen LogP contribution in [0.5, 0.6) is 0 Å². The number of nitrogens with one attached hydrogen (secondary N) is 1. The summed E-state index contributed by atoms with van der Waals surface area (Å²) in [5.41, 5.74) is 8.04. The first-order valence-electron chi connectivity index (χ1n) is 6.47. The monoisotopic (exact) mass is 268 g/mol. The molecule has 0 saturated carbocycles. The summed E-state index contributed by atoms with van der Waals surface area (Å²) in [6.07, 6.45) is 3.02. The minimum atomic E-state index is -0.0604. The van der Waals surface area contributed by atoms with Crippen molar-refractivity contribution in [1.29, 1.82) is 0 Å². The lowest BCUT2D eigenvalue weighted by atomic mass is 9.90. The Morgan fingerprint density at radius 2 is 2.22 bits per heavy atom. The van der Waals surface area contributed by atoms with Crippen molar-refractivity contribution in [3.63, 3.8) is 0 Å². The molecule has 1 fully saturated rings. The Morgan fingerprint density at radius 1 is 1.39 bits per heavy atom. The normalized spacial score (nSPS) is 24.6. The topological polar surface area (TPSA) is 47.3 Å². The van der Waals surface area contributed by atoms with Crippen LogP contribution in [0.4, 0.5) is 5.69 Å². The Balaban J connectivity index is 2.15. The second-order valence-electron chi connectivity index (χ2n) is 5.04. The van der Waals surface area contributed by atoms with Crippen LogP contribution < -0.4 is 11.1 Å². The van der Waals surface area contributed by atoms with Gasteiger partial charge in [-0.05, 0) is 43.9 Å². The highest BCUT2D eigenvalue weighted by molar-refractivity contribution is 6.31. The number of ether oxygens (including phenoxy) is 1. The van der Waals surface area contributed by atoms with E-state index in [1.54, 1.807) is 0 Å². The number of hydrogen-bond donors (Lipinski definition) is 2. The van der Waals surface area contributed by atoms with Gasteiger partial charge in [-0.2, -0.15) is 0 Å². The van der Waals surface area contributed by atoms with Gasteiger partial charge in [-0.1, -0.05) is 17.7 Å². The van der Waals surface area contributed by atoms with Crippen LogP contribution in [0.25, 0.3) is 0 Å². The molecule has 2 rings (SSSR count). The molecule has 3 N–H and O–H groups in total. The summed E-state index contributed by atoms with van der Waals surface area (Å²) in [5, 5.41) is 4.35. The maximum Gasteiger partial charge on any atom is 0.0518 e. The zero-order valence-electron chi connectivity index (χ0n) is 10.8. The molecule has 0 radical (unpaired) electrons. The van der Waals surface area contributed by atoms with Gasteiger partial charge in [0.2, 0.25) is 0 Å². The van der Waals surface area contributed by atoms with Crippen molar-refractivity contribution in [3.05, 3.63) is 28.8 Å². The van der Waals surface area contributed by atoms with Crippen molar-refractivity contribution in [2.24, 2.45) is 5.73 Å². The summed E-state index contributed by atoms with van der Waals surface area (Å²) in [5.74, 6) is 0. The number of anilines is 1. The van der Waals surface area contributed by atoms with Gasteiger partial charge in [0, 0.05) is 30.5 Å². The van der Waals surface area contributed by atoms with E-state index in [4.69, 9.17) is 22.1 Å². The fourth-order valence-electron chi connectivity index (χ4n) is 2.36. The SMILES string of the molecule is Cc1ccc(NC2(CN)CCCOCC2)cc1Cl. The second-order valence-corrected chi connectivity index (χ2v) is 5.45. The molecule has 100 valence electrons. The van der Waals surface area contributed by atoms with Crippen LogP contribution in [0.1, 0.15) is 24.8 Å². The van der Waals surface area contributed by atoms with Gasteiger partial charge < -0.3 is 15.8 Å². The quantitative estimate of drug-likeness (QED) is 0.886. The molecule has 0 bridgehead atoms. The van der Waals surface area contributed by atoms with E-state index in [2.05, 4.69) is 11.4 Å². The number of rotatable bonds is 3. The summed E-state index contributed by atoms with van der Waals surface area (Å²) in [6.45, 7) is 4.22. The lowest BCUT2D eigenvalue weighted by Crippen LogP contribution is -2.45. The van der Waals surface area contributed by atoms with Crippen molar-refractivity contribution in [2.45, 2.75) is 31.7 Å². The van der Waals surface area contributed by atoms with Gasteiger partial charge >= 0.3 is 0 Å². The zero-order valence-corrected chi connectivity index (χ0v) is 11.6. The minimum Gasteiger partial charge on any atom is -0.381 e. The molecule has 1 aromatic rings. The third kappa shape index (κ3) is 3.16. The Hall–Kier alpha value is -0.770. The summed E-state index contributed by atoms with van der Waals surface area (Å²) in [7, 11) is 0. The molecule has 1 aliphatic heterocycles. The molecular formula is C14H21ClN2O. The van der Waals surface area contributed by atoms with Crippen LogP contribution in [-0.2, 0) is 4.74 Å². The summed E-state index contributed by atoms with van der Waals surface area (Å²) < 4.78 is 5.51. The Labute approximate surface area is 114 Å². The summed E-state index contributed by atoms with van der Waals surface area (Å²) in [4.78, 5) is 0. The van der Waals surface area contributed by atoms with Crippen LogP contribution in [0.3, 0.4) is 0 Å². The van der Waals surface area contributed by atoms with E-state index < -0.39 is 0 Å². The van der Waals surface area contributed by atoms with E-state index in [-0.39, 0.29) is 5.54 Å². The third-order valence-corrected chi connectivity index (χ3v) is 4.05. The summed E-state index contributed by atoms with van der Waals surface area (Å²) in [6, 6.07) is 6.06. The fourth-order valence-corrected chi connectivity index (χ4v) is 2.54. The van der Waals surface area contributed by atoms with Crippen molar-refractivity contribution >= 4 is 17.3 Å². The molecular weight excluding hydrogens is 248 g/mol. The molecule has 1 aliphatic rings. The first-order valence-corrected chi connectivity index (χ1v) is 6.85. The van der Waals surface area contributed by atoms with Gasteiger partial charge in [-0.25, -0.2) is 0 Å². The van der Waals surface area contributed by atoms with Gasteiger partial charge in [0.25, 0.3) is 0 Å². The highest BCUT2D eigenvalue weighted by Gasteiger charge is 2.29. The van der Waals surface area contributed by atoms with Gasteiger partial charge in [0.15, 0.2) is 0 Å². The van der Waals surface area contributed by atoms with E-state index in [0.717, 1.165) is 48.7 Å². The predicted octanol–water partition coefficient (Wildman–Crippen LogP) is 2.96.